The molecule has 0 aromatic heterocycles. The van der Waals surface area contributed by atoms with Gasteiger partial charge < -0.3 is 4.74 Å². The van der Waals surface area contributed by atoms with E-state index >= 15 is 0 Å². The fourth-order valence-corrected chi connectivity index (χ4v) is 0.581. The van der Waals surface area contributed by atoms with E-state index in [-0.39, 0.29) is 22.5 Å². The molecule has 0 saturated carbocycles. The molecule has 0 saturated heterocycles. The second-order valence-electron chi connectivity index (χ2n) is 2.23. The van der Waals surface area contributed by atoms with Crippen LogP contribution in [-0.4, -0.2) is 18.4 Å². The highest BCUT2D eigenvalue weighted by atomic mass is 35.5. The SMILES string of the molecule is CC(C)OC(=O)/C(Cl)=C(/Cl)C=O. The van der Waals surface area contributed by atoms with E-state index in [9.17, 15) is 9.59 Å². The Morgan fingerprint density at radius 1 is 1.42 bits per heavy atom. The van der Waals surface area contributed by atoms with Crippen LogP contribution in [-0.2, 0) is 14.3 Å². The molecule has 3 nitrogen and oxygen atoms in total. The van der Waals surface area contributed by atoms with E-state index in [0.717, 1.165) is 0 Å². The Hall–Kier alpha value is -0.540. The van der Waals surface area contributed by atoms with Gasteiger partial charge in [0.25, 0.3) is 0 Å². The monoisotopic (exact) mass is 210 g/mol. The average molecular weight is 211 g/mol. The summed E-state index contributed by atoms with van der Waals surface area (Å²) >= 11 is 10.6. The Balaban J connectivity index is 4.39. The number of aldehydes is 1. The van der Waals surface area contributed by atoms with E-state index in [1.807, 2.05) is 0 Å². The molecule has 0 aliphatic carbocycles. The van der Waals surface area contributed by atoms with Gasteiger partial charge in [-0.2, -0.15) is 0 Å². The van der Waals surface area contributed by atoms with Crippen LogP contribution >= 0.6 is 23.2 Å². The van der Waals surface area contributed by atoms with E-state index in [1.54, 1.807) is 13.8 Å². The van der Waals surface area contributed by atoms with Crippen LogP contribution in [0.25, 0.3) is 0 Å². The summed E-state index contributed by atoms with van der Waals surface area (Å²) in [5, 5.41) is -0.734. The van der Waals surface area contributed by atoms with Gasteiger partial charge >= 0.3 is 5.97 Å². The number of allylic oxidation sites excluding steroid dienone is 1. The average Bonchev–Trinajstić information content (AvgIpc) is 2.00. The molecular formula is C7H8Cl2O3. The van der Waals surface area contributed by atoms with Gasteiger partial charge in [0.05, 0.1) is 6.10 Å². The van der Waals surface area contributed by atoms with Crippen molar-refractivity contribution >= 4 is 35.5 Å². The van der Waals surface area contributed by atoms with Crippen LogP contribution in [0, 0.1) is 0 Å². The van der Waals surface area contributed by atoms with Gasteiger partial charge in [-0.1, -0.05) is 23.2 Å². The van der Waals surface area contributed by atoms with Gasteiger partial charge in [-0.15, -0.1) is 0 Å². The van der Waals surface area contributed by atoms with Crippen molar-refractivity contribution in [2.75, 3.05) is 0 Å². The molecule has 0 aromatic rings. The van der Waals surface area contributed by atoms with Crippen molar-refractivity contribution in [2.24, 2.45) is 0 Å². The summed E-state index contributed by atoms with van der Waals surface area (Å²) in [5.74, 6) is -0.788. The number of carbonyl (C=O) groups excluding carboxylic acids is 2. The molecular weight excluding hydrogens is 203 g/mol. The largest absolute Gasteiger partial charge is 0.459 e. The van der Waals surface area contributed by atoms with E-state index in [0.29, 0.717) is 0 Å². The van der Waals surface area contributed by atoms with E-state index in [4.69, 9.17) is 23.2 Å². The second-order valence-corrected chi connectivity index (χ2v) is 3.02. The molecule has 0 spiro atoms. The van der Waals surface area contributed by atoms with Gasteiger partial charge in [0, 0.05) is 0 Å². The van der Waals surface area contributed by atoms with Crippen LogP contribution in [0.5, 0.6) is 0 Å². The molecule has 12 heavy (non-hydrogen) atoms. The number of rotatable bonds is 3. The molecule has 0 aliphatic heterocycles. The van der Waals surface area contributed by atoms with Gasteiger partial charge in [-0.25, -0.2) is 4.79 Å². The van der Waals surface area contributed by atoms with Crippen molar-refractivity contribution in [1.82, 2.24) is 0 Å². The lowest BCUT2D eigenvalue weighted by atomic mass is 10.4. The predicted octanol–water partition coefficient (Wildman–Crippen LogP) is 1.83. The smallest absolute Gasteiger partial charge is 0.351 e. The van der Waals surface area contributed by atoms with Gasteiger partial charge in [0.1, 0.15) is 10.1 Å². The Kier molecular flexibility index (Phi) is 4.93. The standard InChI is InChI=1S/C7H8Cl2O3/c1-4(2)12-7(11)6(9)5(8)3-10/h3-4H,1-2H3/b6-5-. The van der Waals surface area contributed by atoms with Crippen LogP contribution < -0.4 is 0 Å². The number of ether oxygens (including phenoxy) is 1. The summed E-state index contributed by atoms with van der Waals surface area (Å²) in [4.78, 5) is 21.0. The molecule has 68 valence electrons. The predicted molar refractivity (Wildman–Crippen MR) is 46.0 cm³/mol. The van der Waals surface area contributed by atoms with Crippen molar-refractivity contribution in [3.8, 4) is 0 Å². The third-order valence-corrected chi connectivity index (χ3v) is 1.57. The van der Waals surface area contributed by atoms with E-state index in [2.05, 4.69) is 4.74 Å². The van der Waals surface area contributed by atoms with Crippen molar-refractivity contribution in [3.05, 3.63) is 10.1 Å². The maximum absolute atomic E-state index is 10.9. The molecule has 0 radical (unpaired) electrons. The summed E-state index contributed by atoms with van der Waals surface area (Å²) in [6.45, 7) is 3.33. The number of hydrogen-bond donors (Lipinski definition) is 0. The van der Waals surface area contributed by atoms with E-state index < -0.39 is 5.97 Å². The van der Waals surface area contributed by atoms with E-state index in [1.165, 1.54) is 0 Å². The van der Waals surface area contributed by atoms with Crippen LogP contribution in [0.4, 0.5) is 0 Å². The molecule has 0 N–H and O–H groups in total. The molecule has 0 fully saturated rings. The lowest BCUT2D eigenvalue weighted by molar-refractivity contribution is -0.141. The number of halogens is 2. The molecule has 0 aromatic carbocycles. The maximum atomic E-state index is 10.9. The Bertz CT molecular complexity index is 221. The fraction of sp³-hybridized carbons (Fsp3) is 0.429. The number of hydrogen-bond acceptors (Lipinski definition) is 3. The molecule has 0 heterocycles. The van der Waals surface area contributed by atoms with Gasteiger partial charge in [0.15, 0.2) is 6.29 Å². The van der Waals surface area contributed by atoms with Crippen LogP contribution in [0.1, 0.15) is 13.8 Å². The zero-order chi connectivity index (χ0) is 9.72. The lowest BCUT2D eigenvalue weighted by Gasteiger charge is -2.06. The summed E-state index contributed by atoms with van der Waals surface area (Å²) in [7, 11) is 0. The minimum absolute atomic E-state index is 0.283. The van der Waals surface area contributed by atoms with Gasteiger partial charge in [0.2, 0.25) is 0 Å². The molecule has 0 amide bonds. The number of esters is 1. The highest BCUT2D eigenvalue weighted by Gasteiger charge is 2.13. The Morgan fingerprint density at radius 2 is 1.92 bits per heavy atom. The normalized spacial score (nSPS) is 12.4. The zero-order valence-electron chi connectivity index (χ0n) is 6.64. The molecule has 5 heteroatoms. The third kappa shape index (κ3) is 3.74. The highest BCUT2D eigenvalue weighted by molar-refractivity contribution is 6.51. The van der Waals surface area contributed by atoms with Crippen molar-refractivity contribution in [2.45, 2.75) is 20.0 Å². The lowest BCUT2D eigenvalue weighted by Crippen LogP contribution is -2.12. The molecule has 0 bridgehead atoms. The van der Waals surface area contributed by atoms with Crippen molar-refractivity contribution in [1.29, 1.82) is 0 Å². The Labute approximate surface area is 80.3 Å². The van der Waals surface area contributed by atoms with Crippen LogP contribution in [0.15, 0.2) is 10.1 Å². The topological polar surface area (TPSA) is 43.4 Å². The van der Waals surface area contributed by atoms with Gasteiger partial charge in [-0.3, -0.25) is 4.79 Å². The van der Waals surface area contributed by atoms with Crippen LogP contribution in [0.2, 0.25) is 0 Å². The fourth-order valence-electron chi connectivity index (χ4n) is 0.415. The molecule has 0 atom stereocenters. The minimum atomic E-state index is -0.788. The third-order valence-electron chi connectivity index (χ3n) is 0.835. The summed E-state index contributed by atoms with van der Waals surface area (Å²) in [6, 6.07) is 0. The van der Waals surface area contributed by atoms with Crippen molar-refractivity contribution in [3.63, 3.8) is 0 Å². The molecule has 0 aliphatic rings. The molecule has 0 rings (SSSR count). The quantitative estimate of drug-likeness (QED) is 0.406. The summed E-state index contributed by atoms with van der Waals surface area (Å²) in [6.07, 6.45) is -0.00626. The Morgan fingerprint density at radius 3 is 2.25 bits per heavy atom. The van der Waals surface area contributed by atoms with Crippen LogP contribution in [0.3, 0.4) is 0 Å². The first-order valence-electron chi connectivity index (χ1n) is 3.20. The molecule has 0 unspecified atom stereocenters. The first-order chi connectivity index (χ1) is 5.49. The summed E-state index contributed by atoms with van der Waals surface area (Å²) in [5.41, 5.74) is 0. The van der Waals surface area contributed by atoms with Gasteiger partial charge in [-0.05, 0) is 13.8 Å². The van der Waals surface area contributed by atoms with Crippen molar-refractivity contribution < 1.29 is 14.3 Å². The second kappa shape index (κ2) is 5.17. The minimum Gasteiger partial charge on any atom is -0.459 e. The number of carbonyl (C=O) groups is 2. The first kappa shape index (κ1) is 11.5. The highest BCUT2D eigenvalue weighted by Crippen LogP contribution is 2.13. The zero-order valence-corrected chi connectivity index (χ0v) is 8.15. The summed E-state index contributed by atoms with van der Waals surface area (Å²) < 4.78 is 4.66. The first-order valence-corrected chi connectivity index (χ1v) is 3.96. The maximum Gasteiger partial charge on any atom is 0.351 e.